The Morgan fingerprint density at radius 1 is 1.33 bits per heavy atom. The lowest BCUT2D eigenvalue weighted by Crippen LogP contribution is -2.31. The Hall–Kier alpha value is -0.0800. The van der Waals surface area contributed by atoms with E-state index in [4.69, 9.17) is 9.47 Å². The highest BCUT2D eigenvalue weighted by Gasteiger charge is 2.53. The van der Waals surface area contributed by atoms with E-state index in [9.17, 15) is 0 Å². The van der Waals surface area contributed by atoms with Crippen LogP contribution in [-0.2, 0) is 9.47 Å². The maximum atomic E-state index is 5.68. The summed E-state index contributed by atoms with van der Waals surface area (Å²) in [7, 11) is 0. The molecule has 0 radical (unpaired) electrons. The quantitative estimate of drug-likeness (QED) is 0.561. The highest BCUT2D eigenvalue weighted by molar-refractivity contribution is 5.00. The van der Waals surface area contributed by atoms with Gasteiger partial charge in [0.15, 0.2) is 0 Å². The summed E-state index contributed by atoms with van der Waals surface area (Å²) in [4.78, 5) is 0. The molecule has 0 spiro atoms. The van der Waals surface area contributed by atoms with E-state index in [1.54, 1.807) is 0 Å². The molecule has 2 heteroatoms. The first-order chi connectivity index (χ1) is 5.59. The maximum Gasteiger partial charge on any atom is 0.113 e. The van der Waals surface area contributed by atoms with Gasteiger partial charge in [-0.3, -0.25) is 0 Å². The summed E-state index contributed by atoms with van der Waals surface area (Å²) >= 11 is 0. The molecule has 0 N–H and O–H groups in total. The van der Waals surface area contributed by atoms with Gasteiger partial charge in [0, 0.05) is 6.61 Å². The van der Waals surface area contributed by atoms with Crippen molar-refractivity contribution in [2.75, 3.05) is 6.61 Å². The van der Waals surface area contributed by atoms with E-state index in [2.05, 4.69) is 20.8 Å². The summed E-state index contributed by atoms with van der Waals surface area (Å²) in [5, 5.41) is 0. The van der Waals surface area contributed by atoms with E-state index in [0.29, 0.717) is 12.2 Å². The minimum atomic E-state index is 0.0850. The Balaban J connectivity index is 1.89. The van der Waals surface area contributed by atoms with Gasteiger partial charge in [0.05, 0.1) is 11.7 Å². The smallest absolute Gasteiger partial charge is 0.113 e. The predicted octanol–water partition coefficient (Wildman–Crippen LogP) is 1.98. The van der Waals surface area contributed by atoms with Gasteiger partial charge in [-0.1, -0.05) is 6.92 Å². The SMILES string of the molecule is C[C@@H]1CCO[C@@H]([C@H]2OC2(C)C)C1. The summed E-state index contributed by atoms with van der Waals surface area (Å²) in [6, 6.07) is 0. The van der Waals surface area contributed by atoms with Crippen LogP contribution in [0.1, 0.15) is 33.6 Å². The third kappa shape index (κ3) is 1.50. The van der Waals surface area contributed by atoms with Gasteiger partial charge in [-0.25, -0.2) is 0 Å². The van der Waals surface area contributed by atoms with E-state index in [0.717, 1.165) is 12.5 Å². The topological polar surface area (TPSA) is 21.8 Å². The summed E-state index contributed by atoms with van der Waals surface area (Å²) < 4.78 is 11.3. The van der Waals surface area contributed by atoms with Crippen molar-refractivity contribution in [2.24, 2.45) is 5.92 Å². The van der Waals surface area contributed by atoms with Crippen molar-refractivity contribution in [3.05, 3.63) is 0 Å². The molecule has 2 fully saturated rings. The minimum absolute atomic E-state index is 0.0850. The van der Waals surface area contributed by atoms with Crippen molar-refractivity contribution in [3.8, 4) is 0 Å². The first-order valence-corrected chi connectivity index (χ1v) is 4.89. The Labute approximate surface area is 74.2 Å². The second kappa shape index (κ2) is 2.71. The van der Waals surface area contributed by atoms with Crippen LogP contribution in [0.5, 0.6) is 0 Å². The van der Waals surface area contributed by atoms with Crippen LogP contribution < -0.4 is 0 Å². The molecule has 2 aliphatic rings. The number of epoxide rings is 1. The average molecular weight is 170 g/mol. The monoisotopic (exact) mass is 170 g/mol. The summed E-state index contributed by atoms with van der Waals surface area (Å²) in [6.45, 7) is 7.49. The molecule has 0 aromatic heterocycles. The lowest BCUT2D eigenvalue weighted by atomic mass is 9.93. The molecule has 2 aliphatic heterocycles. The van der Waals surface area contributed by atoms with Crippen molar-refractivity contribution in [1.82, 2.24) is 0 Å². The molecular formula is C10H18O2. The third-order valence-electron chi connectivity index (χ3n) is 2.97. The normalized spacial score (nSPS) is 45.8. The molecule has 0 unspecified atom stereocenters. The first-order valence-electron chi connectivity index (χ1n) is 4.89. The summed E-state index contributed by atoms with van der Waals surface area (Å²) in [5.41, 5.74) is 0.0850. The predicted molar refractivity (Wildman–Crippen MR) is 47.1 cm³/mol. The van der Waals surface area contributed by atoms with Crippen LogP contribution in [0.3, 0.4) is 0 Å². The minimum Gasteiger partial charge on any atom is -0.375 e. The molecular weight excluding hydrogens is 152 g/mol. The molecule has 0 aliphatic carbocycles. The first kappa shape index (κ1) is 8.52. The Morgan fingerprint density at radius 3 is 2.50 bits per heavy atom. The van der Waals surface area contributed by atoms with E-state index in [1.165, 1.54) is 12.8 Å². The fourth-order valence-electron chi connectivity index (χ4n) is 2.03. The Bertz CT molecular complexity index is 177. The van der Waals surface area contributed by atoms with Gasteiger partial charge < -0.3 is 9.47 Å². The second-order valence-electron chi connectivity index (χ2n) is 4.68. The molecule has 2 saturated heterocycles. The molecule has 0 aromatic carbocycles. The van der Waals surface area contributed by atoms with Crippen molar-refractivity contribution >= 4 is 0 Å². The van der Waals surface area contributed by atoms with Gasteiger partial charge in [0.1, 0.15) is 6.10 Å². The summed E-state index contributed by atoms with van der Waals surface area (Å²) in [6.07, 6.45) is 3.11. The largest absolute Gasteiger partial charge is 0.375 e. The van der Waals surface area contributed by atoms with Gasteiger partial charge >= 0.3 is 0 Å². The molecule has 2 nitrogen and oxygen atoms in total. The molecule has 0 saturated carbocycles. The van der Waals surface area contributed by atoms with Crippen LogP contribution in [0.2, 0.25) is 0 Å². The third-order valence-corrected chi connectivity index (χ3v) is 2.97. The number of hydrogen-bond donors (Lipinski definition) is 0. The van der Waals surface area contributed by atoms with Crippen LogP contribution >= 0.6 is 0 Å². The summed E-state index contributed by atoms with van der Waals surface area (Å²) in [5.74, 6) is 0.809. The van der Waals surface area contributed by atoms with Crippen LogP contribution in [0.4, 0.5) is 0 Å². The molecule has 2 rings (SSSR count). The van der Waals surface area contributed by atoms with Crippen molar-refractivity contribution in [2.45, 2.75) is 51.4 Å². The molecule has 0 aromatic rings. The van der Waals surface area contributed by atoms with Crippen LogP contribution in [0, 0.1) is 5.92 Å². The lowest BCUT2D eigenvalue weighted by Gasteiger charge is -2.26. The number of ether oxygens (including phenoxy) is 2. The fourth-order valence-corrected chi connectivity index (χ4v) is 2.03. The van der Waals surface area contributed by atoms with Crippen molar-refractivity contribution in [3.63, 3.8) is 0 Å². The highest BCUT2D eigenvalue weighted by atomic mass is 16.6. The molecule has 70 valence electrons. The van der Waals surface area contributed by atoms with Gasteiger partial charge in [0.2, 0.25) is 0 Å². The van der Waals surface area contributed by atoms with Gasteiger partial charge in [-0.2, -0.15) is 0 Å². The highest BCUT2D eigenvalue weighted by Crippen LogP contribution is 2.42. The van der Waals surface area contributed by atoms with Crippen molar-refractivity contribution < 1.29 is 9.47 Å². The van der Waals surface area contributed by atoms with Crippen LogP contribution in [0.15, 0.2) is 0 Å². The number of hydrogen-bond acceptors (Lipinski definition) is 2. The zero-order valence-corrected chi connectivity index (χ0v) is 8.17. The molecule has 2 heterocycles. The van der Waals surface area contributed by atoms with Gasteiger partial charge in [-0.15, -0.1) is 0 Å². The van der Waals surface area contributed by atoms with E-state index < -0.39 is 0 Å². The van der Waals surface area contributed by atoms with Gasteiger partial charge in [-0.05, 0) is 32.6 Å². The lowest BCUT2D eigenvalue weighted by molar-refractivity contribution is -0.0199. The number of rotatable bonds is 1. The zero-order valence-electron chi connectivity index (χ0n) is 8.17. The standard InChI is InChI=1S/C10H18O2/c1-7-4-5-11-8(6-7)9-10(2,3)12-9/h7-9H,4-6H2,1-3H3/t7-,8-,9-/m1/s1. The van der Waals surface area contributed by atoms with E-state index in [-0.39, 0.29) is 5.60 Å². The Kier molecular flexibility index (Phi) is 1.92. The maximum absolute atomic E-state index is 5.68. The molecule has 0 bridgehead atoms. The Morgan fingerprint density at radius 2 is 2.00 bits per heavy atom. The van der Waals surface area contributed by atoms with Crippen molar-refractivity contribution in [1.29, 1.82) is 0 Å². The van der Waals surface area contributed by atoms with Crippen LogP contribution in [-0.4, -0.2) is 24.4 Å². The second-order valence-corrected chi connectivity index (χ2v) is 4.68. The fraction of sp³-hybridized carbons (Fsp3) is 1.00. The van der Waals surface area contributed by atoms with Crippen LogP contribution in [0.25, 0.3) is 0 Å². The van der Waals surface area contributed by atoms with E-state index >= 15 is 0 Å². The van der Waals surface area contributed by atoms with E-state index in [1.807, 2.05) is 0 Å². The molecule has 3 atom stereocenters. The molecule has 0 amide bonds. The van der Waals surface area contributed by atoms with Gasteiger partial charge in [0.25, 0.3) is 0 Å². The molecule has 12 heavy (non-hydrogen) atoms. The average Bonchev–Trinajstić information content (AvgIpc) is 2.60. The zero-order chi connectivity index (χ0) is 8.77.